The van der Waals surface area contributed by atoms with Gasteiger partial charge in [-0.15, -0.1) is 0 Å². The Kier molecular flexibility index (Phi) is 2.49. The number of rotatable bonds is 2. The van der Waals surface area contributed by atoms with Gasteiger partial charge in [-0.1, -0.05) is 36.4 Å². The molecule has 0 bridgehead atoms. The predicted octanol–water partition coefficient (Wildman–Crippen LogP) is 4.30. The standard InChI is InChI=1S/C16H12O2/c1-11(17)16-10-14-9-13(7-8-15(14)18-16)12-5-3-2-4-6-12/h2-10H,1H3. The van der Waals surface area contributed by atoms with Crippen molar-refractivity contribution in [2.75, 3.05) is 0 Å². The largest absolute Gasteiger partial charge is 0.453 e. The summed E-state index contributed by atoms with van der Waals surface area (Å²) < 4.78 is 5.47. The van der Waals surface area contributed by atoms with Gasteiger partial charge in [0.2, 0.25) is 0 Å². The van der Waals surface area contributed by atoms with Gasteiger partial charge >= 0.3 is 0 Å². The first-order chi connectivity index (χ1) is 8.74. The fraction of sp³-hybridized carbons (Fsp3) is 0.0625. The lowest BCUT2D eigenvalue weighted by atomic mass is 10.0. The van der Waals surface area contributed by atoms with Crippen LogP contribution in [0.2, 0.25) is 0 Å². The molecule has 0 saturated carbocycles. The highest BCUT2D eigenvalue weighted by Gasteiger charge is 2.08. The SMILES string of the molecule is CC(=O)c1cc2cc(-c3ccccc3)ccc2o1. The van der Waals surface area contributed by atoms with Crippen LogP contribution in [0.5, 0.6) is 0 Å². The average molecular weight is 236 g/mol. The smallest absolute Gasteiger partial charge is 0.194 e. The maximum atomic E-state index is 11.3. The Balaban J connectivity index is 2.14. The van der Waals surface area contributed by atoms with E-state index in [2.05, 4.69) is 12.1 Å². The predicted molar refractivity (Wildman–Crippen MR) is 71.7 cm³/mol. The van der Waals surface area contributed by atoms with Crippen LogP contribution in [0.15, 0.2) is 59.0 Å². The Morgan fingerprint density at radius 3 is 2.44 bits per heavy atom. The van der Waals surface area contributed by atoms with Crippen molar-refractivity contribution in [3.05, 3.63) is 60.4 Å². The topological polar surface area (TPSA) is 30.2 Å². The van der Waals surface area contributed by atoms with Crippen LogP contribution in [0.3, 0.4) is 0 Å². The third kappa shape index (κ3) is 1.82. The normalized spacial score (nSPS) is 10.7. The number of hydrogen-bond acceptors (Lipinski definition) is 2. The zero-order chi connectivity index (χ0) is 12.5. The second-order valence-electron chi connectivity index (χ2n) is 4.29. The third-order valence-electron chi connectivity index (χ3n) is 2.97. The molecule has 0 N–H and O–H groups in total. The number of furan rings is 1. The minimum atomic E-state index is -0.0486. The zero-order valence-electron chi connectivity index (χ0n) is 10.0. The third-order valence-corrected chi connectivity index (χ3v) is 2.97. The fourth-order valence-electron chi connectivity index (χ4n) is 2.03. The number of fused-ring (bicyclic) bond motifs is 1. The van der Waals surface area contributed by atoms with Crippen molar-refractivity contribution in [1.29, 1.82) is 0 Å². The quantitative estimate of drug-likeness (QED) is 0.621. The van der Waals surface area contributed by atoms with Gasteiger partial charge in [-0.3, -0.25) is 4.79 Å². The summed E-state index contributed by atoms with van der Waals surface area (Å²) in [6.45, 7) is 1.51. The molecule has 0 aliphatic heterocycles. The van der Waals surface area contributed by atoms with Gasteiger partial charge in [0.15, 0.2) is 11.5 Å². The van der Waals surface area contributed by atoms with Gasteiger partial charge in [-0.25, -0.2) is 0 Å². The van der Waals surface area contributed by atoms with Crippen molar-refractivity contribution in [2.24, 2.45) is 0 Å². The van der Waals surface area contributed by atoms with Gasteiger partial charge in [0.1, 0.15) is 5.58 Å². The first-order valence-corrected chi connectivity index (χ1v) is 5.84. The number of carbonyl (C=O) groups excluding carboxylic acids is 1. The molecule has 0 aliphatic rings. The van der Waals surface area contributed by atoms with Crippen LogP contribution in [-0.4, -0.2) is 5.78 Å². The Bertz CT molecular complexity index is 708. The van der Waals surface area contributed by atoms with E-state index in [-0.39, 0.29) is 5.78 Å². The summed E-state index contributed by atoms with van der Waals surface area (Å²) in [5.74, 6) is 0.364. The second kappa shape index (κ2) is 4.15. The number of benzene rings is 2. The number of Topliss-reactive ketones (excluding diaryl/α,β-unsaturated/α-hetero) is 1. The van der Waals surface area contributed by atoms with E-state index in [1.165, 1.54) is 6.92 Å². The van der Waals surface area contributed by atoms with Gasteiger partial charge in [0, 0.05) is 12.3 Å². The van der Waals surface area contributed by atoms with Crippen LogP contribution >= 0.6 is 0 Å². The first-order valence-electron chi connectivity index (χ1n) is 5.84. The summed E-state index contributed by atoms with van der Waals surface area (Å²) in [5.41, 5.74) is 3.03. The Morgan fingerprint density at radius 2 is 1.72 bits per heavy atom. The molecule has 3 aromatic rings. The maximum absolute atomic E-state index is 11.3. The molecule has 3 rings (SSSR count). The molecule has 0 fully saturated rings. The second-order valence-corrected chi connectivity index (χ2v) is 4.29. The number of carbonyl (C=O) groups is 1. The Labute approximate surface area is 105 Å². The Hall–Kier alpha value is -2.35. The van der Waals surface area contributed by atoms with Gasteiger partial charge in [0.25, 0.3) is 0 Å². The summed E-state index contributed by atoms with van der Waals surface area (Å²) in [5, 5.41) is 0.960. The van der Waals surface area contributed by atoms with E-state index < -0.39 is 0 Å². The molecule has 0 radical (unpaired) electrons. The summed E-state index contributed by atoms with van der Waals surface area (Å²) in [7, 11) is 0. The highest BCUT2D eigenvalue weighted by molar-refractivity contribution is 5.96. The molecule has 0 aliphatic carbocycles. The molecule has 2 nitrogen and oxygen atoms in total. The lowest BCUT2D eigenvalue weighted by Crippen LogP contribution is -1.85. The molecule has 88 valence electrons. The Morgan fingerprint density at radius 1 is 0.944 bits per heavy atom. The molecule has 0 unspecified atom stereocenters. The van der Waals surface area contributed by atoms with Gasteiger partial charge in [-0.2, -0.15) is 0 Å². The van der Waals surface area contributed by atoms with Gasteiger partial charge in [-0.05, 0) is 29.3 Å². The summed E-state index contributed by atoms with van der Waals surface area (Å²) >= 11 is 0. The van der Waals surface area contributed by atoms with Crippen molar-refractivity contribution in [1.82, 2.24) is 0 Å². The molecule has 1 aromatic heterocycles. The van der Waals surface area contributed by atoms with E-state index in [1.807, 2.05) is 36.4 Å². The van der Waals surface area contributed by atoms with Crippen molar-refractivity contribution in [3.8, 4) is 11.1 Å². The van der Waals surface area contributed by atoms with Crippen LogP contribution in [0.25, 0.3) is 22.1 Å². The highest BCUT2D eigenvalue weighted by Crippen LogP contribution is 2.26. The molecule has 0 atom stereocenters. The molecule has 0 spiro atoms. The molecular weight excluding hydrogens is 224 g/mol. The van der Waals surface area contributed by atoms with Crippen LogP contribution in [0.1, 0.15) is 17.5 Å². The van der Waals surface area contributed by atoms with E-state index in [0.29, 0.717) is 5.76 Å². The zero-order valence-corrected chi connectivity index (χ0v) is 10.0. The van der Waals surface area contributed by atoms with Crippen molar-refractivity contribution in [2.45, 2.75) is 6.92 Å². The van der Waals surface area contributed by atoms with Crippen LogP contribution in [-0.2, 0) is 0 Å². The molecule has 2 heteroatoms. The lowest BCUT2D eigenvalue weighted by molar-refractivity contribution is 0.0989. The highest BCUT2D eigenvalue weighted by atomic mass is 16.3. The van der Waals surface area contributed by atoms with E-state index >= 15 is 0 Å². The fourth-order valence-corrected chi connectivity index (χ4v) is 2.03. The lowest BCUT2D eigenvalue weighted by Gasteiger charge is -2.00. The number of hydrogen-bond donors (Lipinski definition) is 0. The molecule has 2 aromatic carbocycles. The molecule has 1 heterocycles. The molecular formula is C16H12O2. The van der Waals surface area contributed by atoms with E-state index in [9.17, 15) is 4.79 Å². The van der Waals surface area contributed by atoms with Gasteiger partial charge in [0.05, 0.1) is 0 Å². The minimum absolute atomic E-state index is 0.0486. The minimum Gasteiger partial charge on any atom is -0.453 e. The van der Waals surface area contributed by atoms with Crippen molar-refractivity contribution < 1.29 is 9.21 Å². The van der Waals surface area contributed by atoms with Crippen molar-refractivity contribution >= 4 is 16.8 Å². The first kappa shape index (κ1) is 10.8. The molecule has 0 amide bonds. The monoisotopic (exact) mass is 236 g/mol. The molecule has 18 heavy (non-hydrogen) atoms. The summed E-state index contributed by atoms with van der Waals surface area (Å²) in [6.07, 6.45) is 0. The van der Waals surface area contributed by atoms with E-state index in [1.54, 1.807) is 6.07 Å². The summed E-state index contributed by atoms with van der Waals surface area (Å²) in [4.78, 5) is 11.3. The van der Waals surface area contributed by atoms with Crippen molar-refractivity contribution in [3.63, 3.8) is 0 Å². The van der Waals surface area contributed by atoms with Crippen LogP contribution in [0.4, 0.5) is 0 Å². The van der Waals surface area contributed by atoms with Crippen LogP contribution in [0, 0.1) is 0 Å². The number of ketones is 1. The molecule has 0 saturated heterocycles. The van der Waals surface area contributed by atoms with Crippen LogP contribution < -0.4 is 0 Å². The van der Waals surface area contributed by atoms with Gasteiger partial charge < -0.3 is 4.42 Å². The van der Waals surface area contributed by atoms with E-state index in [0.717, 1.165) is 22.1 Å². The average Bonchev–Trinajstić information content (AvgIpc) is 2.82. The summed E-state index contributed by atoms with van der Waals surface area (Å²) in [6, 6.07) is 17.9. The van der Waals surface area contributed by atoms with E-state index in [4.69, 9.17) is 4.42 Å². The maximum Gasteiger partial charge on any atom is 0.194 e.